The smallest absolute Gasteiger partial charge is 1.00 e. The van der Waals surface area contributed by atoms with Crippen LogP contribution in [0.2, 0.25) is 5.05 Å². The van der Waals surface area contributed by atoms with Gasteiger partial charge < -0.3 is 12.4 Å². The standard InChI is InChI=1S/C8H8.CH3.ClH.Mg/c1-2-8-6-4-3-5-7-8;;;/h2-7H,1H2;1H3;1H;/q;;;+1/p-1. The predicted molar refractivity (Wildman–Crippen MR) is 48.2 cm³/mol. The third kappa shape index (κ3) is 6.42. The average molecular weight is 179 g/mol. The molecule has 0 aliphatic heterocycles. The fraction of sp³-hybridized carbons (Fsp3) is 0.111. The van der Waals surface area contributed by atoms with Gasteiger partial charge in [0.15, 0.2) is 0 Å². The van der Waals surface area contributed by atoms with Crippen LogP contribution in [-0.2, 0) is 0 Å². The predicted octanol–water partition coefficient (Wildman–Crippen LogP) is -0.463. The Kier molecular flexibility index (Phi) is 12.4. The van der Waals surface area contributed by atoms with Crippen LogP contribution in [-0.4, -0.2) is 21.7 Å². The maximum atomic E-state index is 3.63. The summed E-state index contributed by atoms with van der Waals surface area (Å²) in [6.07, 6.45) is 1.83. The van der Waals surface area contributed by atoms with Crippen molar-refractivity contribution in [3.05, 3.63) is 42.5 Å². The molecule has 2 heteroatoms. The van der Waals surface area contributed by atoms with E-state index < -0.39 is 0 Å². The summed E-state index contributed by atoms with van der Waals surface area (Å²) >= 11 is 1.86. The summed E-state index contributed by atoms with van der Waals surface area (Å²) in [5.74, 6) is 0. The Morgan fingerprint density at radius 1 is 1.18 bits per heavy atom. The van der Waals surface area contributed by atoms with E-state index in [4.69, 9.17) is 0 Å². The van der Waals surface area contributed by atoms with Gasteiger partial charge in [-0.1, -0.05) is 43.0 Å². The first-order valence-electron chi connectivity index (χ1n) is 3.31. The summed E-state index contributed by atoms with van der Waals surface area (Å²) in [4.78, 5) is 0. The fourth-order valence-corrected chi connectivity index (χ4v) is 0.589. The van der Waals surface area contributed by atoms with Crippen LogP contribution in [0.25, 0.3) is 6.08 Å². The Hall–Kier alpha value is 0.0162. The Balaban J connectivity index is 0. The van der Waals surface area contributed by atoms with Crippen LogP contribution < -0.4 is 12.4 Å². The molecule has 1 aromatic carbocycles. The zero-order chi connectivity index (χ0) is 7.82. The molecule has 0 N–H and O–H groups in total. The van der Waals surface area contributed by atoms with E-state index in [-0.39, 0.29) is 12.4 Å². The second-order valence-corrected chi connectivity index (χ2v) is 1.61. The maximum Gasteiger partial charge on any atom is -1.00 e. The molecule has 0 aromatic heterocycles. The minimum absolute atomic E-state index is 0. The van der Waals surface area contributed by atoms with Gasteiger partial charge >= 0.3 is 26.8 Å². The van der Waals surface area contributed by atoms with E-state index in [0.29, 0.717) is 0 Å². The molecule has 0 aliphatic rings. The minimum Gasteiger partial charge on any atom is -1.00 e. The van der Waals surface area contributed by atoms with Crippen LogP contribution in [0.5, 0.6) is 0 Å². The van der Waals surface area contributed by atoms with Crippen LogP contribution in [0.4, 0.5) is 0 Å². The molecule has 0 saturated heterocycles. The Morgan fingerprint density at radius 2 is 1.64 bits per heavy atom. The van der Waals surface area contributed by atoms with Gasteiger partial charge in [-0.25, -0.2) is 0 Å². The van der Waals surface area contributed by atoms with E-state index >= 15 is 0 Å². The Bertz CT molecular complexity index is 172. The Morgan fingerprint density at radius 3 is 1.91 bits per heavy atom. The summed E-state index contributed by atoms with van der Waals surface area (Å²) in [6.45, 7) is 3.63. The molecule has 0 saturated carbocycles. The number of halogens is 1. The normalized spacial score (nSPS) is 6.82. The van der Waals surface area contributed by atoms with Crippen molar-refractivity contribution in [3.8, 4) is 0 Å². The number of hydrogen-bond donors (Lipinski definition) is 0. The van der Waals surface area contributed by atoms with Crippen LogP contribution >= 0.6 is 0 Å². The molecule has 0 unspecified atom stereocenters. The summed E-state index contributed by atoms with van der Waals surface area (Å²) in [7, 11) is 0. The van der Waals surface area contributed by atoms with Crippen molar-refractivity contribution < 1.29 is 12.4 Å². The van der Waals surface area contributed by atoms with Crippen LogP contribution in [0.1, 0.15) is 5.56 Å². The van der Waals surface area contributed by atoms with Crippen molar-refractivity contribution >= 4 is 27.8 Å². The molecule has 0 bridgehead atoms. The van der Waals surface area contributed by atoms with Gasteiger partial charge in [-0.15, -0.1) is 0 Å². The van der Waals surface area contributed by atoms with E-state index in [2.05, 4.69) is 6.58 Å². The average Bonchev–Trinajstić information content (AvgIpc) is 2.10. The van der Waals surface area contributed by atoms with E-state index in [0.717, 1.165) is 0 Å². The Labute approximate surface area is 87.5 Å². The fourth-order valence-electron chi connectivity index (χ4n) is 0.589. The second-order valence-electron chi connectivity index (χ2n) is 1.61. The molecule has 0 heterocycles. The third-order valence-electron chi connectivity index (χ3n) is 1.04. The molecule has 1 aromatic rings. The second kappa shape index (κ2) is 10.0. The van der Waals surface area contributed by atoms with Crippen LogP contribution in [0.3, 0.4) is 0 Å². The largest absolute Gasteiger partial charge is 1.00 e. The van der Waals surface area contributed by atoms with Crippen LogP contribution in [0, 0.1) is 0 Å². The molecule has 0 aliphatic carbocycles. The molecular weight excluding hydrogens is 168 g/mol. The summed E-state index contributed by atoms with van der Waals surface area (Å²) in [5.41, 5.74) is 1.17. The molecular formula is C9H11ClMg. The quantitative estimate of drug-likeness (QED) is 0.511. The first-order valence-corrected chi connectivity index (χ1v) is 4.73. The zero-order valence-electron chi connectivity index (χ0n) is 6.76. The topological polar surface area (TPSA) is 0 Å². The van der Waals surface area contributed by atoms with E-state index in [1.807, 2.05) is 63.2 Å². The van der Waals surface area contributed by atoms with E-state index in [1.54, 1.807) is 0 Å². The van der Waals surface area contributed by atoms with E-state index in [1.165, 1.54) is 5.56 Å². The monoisotopic (exact) mass is 178 g/mol. The first-order chi connectivity index (χ1) is 4.93. The van der Waals surface area contributed by atoms with Gasteiger partial charge in [-0.3, -0.25) is 0 Å². The van der Waals surface area contributed by atoms with Gasteiger partial charge in [0.2, 0.25) is 0 Å². The first kappa shape index (κ1) is 13.6. The summed E-state index contributed by atoms with van der Waals surface area (Å²) in [6, 6.07) is 10.0. The van der Waals surface area contributed by atoms with Gasteiger partial charge in [-0.05, 0) is 5.56 Å². The molecule has 0 radical (unpaired) electrons. The van der Waals surface area contributed by atoms with Crippen molar-refractivity contribution in [2.45, 2.75) is 5.05 Å². The van der Waals surface area contributed by atoms with Gasteiger partial charge in [0.1, 0.15) is 0 Å². The van der Waals surface area contributed by atoms with E-state index in [9.17, 15) is 0 Å². The molecule has 56 valence electrons. The van der Waals surface area contributed by atoms with Gasteiger partial charge in [-0.2, -0.15) is 0 Å². The SMILES string of the molecule is C=Cc1ccccc1.[CH3][Mg+].[Cl-]. The van der Waals surface area contributed by atoms with Crippen LogP contribution in [0.15, 0.2) is 36.9 Å². The molecule has 0 amide bonds. The van der Waals surface area contributed by atoms with Crippen molar-refractivity contribution in [1.29, 1.82) is 0 Å². The molecule has 1 rings (SSSR count). The minimum atomic E-state index is 0. The number of rotatable bonds is 1. The molecule has 0 atom stereocenters. The van der Waals surface area contributed by atoms with Gasteiger partial charge in [0.05, 0.1) is 0 Å². The molecule has 0 fully saturated rings. The van der Waals surface area contributed by atoms with Gasteiger partial charge in [0, 0.05) is 0 Å². The summed E-state index contributed by atoms with van der Waals surface area (Å²) in [5, 5.41) is 2.03. The number of hydrogen-bond acceptors (Lipinski definition) is 0. The molecule has 0 spiro atoms. The van der Waals surface area contributed by atoms with Gasteiger partial charge in [0.25, 0.3) is 0 Å². The third-order valence-corrected chi connectivity index (χ3v) is 1.04. The molecule has 11 heavy (non-hydrogen) atoms. The zero-order valence-corrected chi connectivity index (χ0v) is 8.93. The number of benzene rings is 1. The summed E-state index contributed by atoms with van der Waals surface area (Å²) < 4.78 is 0. The van der Waals surface area contributed by atoms with Crippen molar-refractivity contribution in [2.24, 2.45) is 0 Å². The molecule has 0 nitrogen and oxygen atoms in total. The van der Waals surface area contributed by atoms with Crippen molar-refractivity contribution in [3.63, 3.8) is 0 Å². The van der Waals surface area contributed by atoms with Crippen molar-refractivity contribution in [1.82, 2.24) is 0 Å². The maximum absolute atomic E-state index is 3.63. The van der Waals surface area contributed by atoms with Crippen molar-refractivity contribution in [2.75, 3.05) is 0 Å².